The van der Waals surface area contributed by atoms with Gasteiger partial charge in [0.15, 0.2) is 24.9 Å². The highest BCUT2D eigenvalue weighted by atomic mass is 32.1. The largest absolute Gasteiger partial charge is 0.530 e. The number of aliphatic hydroxyl groups is 8. The van der Waals surface area contributed by atoms with Crippen molar-refractivity contribution in [3.8, 4) is 72.4 Å². The Labute approximate surface area is 775 Å². The molecule has 12 heterocycles. The van der Waals surface area contributed by atoms with E-state index in [0.717, 1.165) is 56.5 Å². The number of alkyl halides is 4. The number of thiocarbonyl (C=S) groups is 1. The molecule has 16 rings (SSSR count). The molecule has 132 heavy (non-hydrogen) atoms. The molecule has 0 aliphatic carbocycles. The summed E-state index contributed by atoms with van der Waals surface area (Å²) < 4.78 is 248. The van der Waals surface area contributed by atoms with Crippen LogP contribution in [0.5, 0.6) is 23.0 Å². The molecule has 4 unspecified atom stereocenters. The van der Waals surface area contributed by atoms with Gasteiger partial charge in [-0.1, -0.05) is 150 Å². The molecule has 9 aliphatic heterocycles. The summed E-state index contributed by atoms with van der Waals surface area (Å²) in [7, 11) is -18.2. The fourth-order valence-corrected chi connectivity index (χ4v) is 19.9. The lowest BCUT2D eigenvalue weighted by atomic mass is 10.1. The van der Waals surface area contributed by atoms with E-state index < -0.39 is 172 Å². The number of ether oxygens (including phenoxy) is 4. The fourth-order valence-electron chi connectivity index (χ4n) is 14.1. The van der Waals surface area contributed by atoms with Crippen molar-refractivity contribution in [3.05, 3.63) is 220 Å². The smallest absolute Gasteiger partial charge is 0.403 e. The van der Waals surface area contributed by atoms with Crippen LogP contribution in [0.25, 0.3) is 0 Å². The molecule has 0 radical (unpaired) electrons. The number of terminal acetylenes is 4. The number of phosphoric acid groups is 4. The number of rotatable bonds is 16. The Balaban J connectivity index is 0.000000155. The highest BCUT2D eigenvalue weighted by Gasteiger charge is 2.63. The molecular weight excluding hydrogens is 1910 g/mol. The molecule has 0 saturated carbocycles. The highest BCUT2D eigenvalue weighted by Crippen LogP contribution is 2.61. The second kappa shape index (κ2) is 38.4. The Bertz CT molecular complexity index is 7020. The number of fused-ring (bicyclic) bond motifs is 4. The minimum atomic E-state index is -4.81. The molecule has 4 fully saturated rings. The number of aliphatic hydroxyl groups excluding tert-OH is 8. The van der Waals surface area contributed by atoms with Crippen LogP contribution in [-0.2, 0) is 99.8 Å². The van der Waals surface area contributed by atoms with Gasteiger partial charge < -0.3 is 88.1 Å². The van der Waals surface area contributed by atoms with Gasteiger partial charge in [-0.05, 0) is 77.6 Å². The van der Waals surface area contributed by atoms with Crippen molar-refractivity contribution in [1.29, 1.82) is 0 Å². The predicted molar refractivity (Wildman–Crippen MR) is 463 cm³/mol. The number of aromatic amines is 3. The number of hydrogen-bond donors (Lipinski definition) is 12. The molecule has 20 atom stereocenters. The molecular formula is C81H82F4N8O31P4S4. The van der Waals surface area contributed by atoms with Crippen LogP contribution in [0.3, 0.4) is 0 Å². The number of nitrogens with one attached hydrogen (secondary N) is 4. The quantitative estimate of drug-likeness (QED) is 0.0186. The van der Waals surface area contributed by atoms with Crippen LogP contribution < -0.4 is 40.5 Å². The summed E-state index contributed by atoms with van der Waals surface area (Å²) in [4.78, 5) is 44.3. The summed E-state index contributed by atoms with van der Waals surface area (Å²) in [6, 6.07) is 14.0. The number of H-pyrrole nitrogens is 3. The lowest BCUT2D eigenvalue weighted by molar-refractivity contribution is -0.207. The van der Waals surface area contributed by atoms with Crippen LogP contribution >= 0.6 is 80.2 Å². The van der Waals surface area contributed by atoms with Crippen molar-refractivity contribution in [2.45, 2.75) is 179 Å². The second-order valence-corrected chi connectivity index (χ2v) is 38.2. The van der Waals surface area contributed by atoms with Gasteiger partial charge >= 0.3 is 48.4 Å². The minimum Gasteiger partial charge on any atom is -0.403 e. The number of nitrogens with zero attached hydrogens (tertiary/aromatic N) is 4. The molecule has 4 aromatic carbocycles. The van der Waals surface area contributed by atoms with Gasteiger partial charge in [0.05, 0.1) is 56.9 Å². The van der Waals surface area contributed by atoms with Crippen LogP contribution in [0.1, 0.15) is 110 Å². The summed E-state index contributed by atoms with van der Waals surface area (Å²) in [6.07, 6.45) is -2.71. The Kier molecular flexibility index (Phi) is 26.7. The summed E-state index contributed by atoms with van der Waals surface area (Å²) in [5.74, 6) is -4.69. The van der Waals surface area contributed by atoms with Gasteiger partial charge in [-0.2, -0.15) is 0 Å². The molecule has 0 bridgehead atoms. The van der Waals surface area contributed by atoms with E-state index in [-0.39, 0.29) is 90.7 Å². The van der Waals surface area contributed by atoms with Crippen LogP contribution in [0.15, 0.2) is 106 Å². The van der Waals surface area contributed by atoms with E-state index in [0.29, 0.717) is 59.4 Å². The molecule has 704 valence electrons. The maximum Gasteiger partial charge on any atom is 0.530 e. The van der Waals surface area contributed by atoms with Crippen LogP contribution in [-0.4, -0.2) is 184 Å². The third kappa shape index (κ3) is 20.4. The van der Waals surface area contributed by atoms with Crippen molar-refractivity contribution in [2.24, 2.45) is 0 Å². The molecule has 9 aliphatic rings. The molecule has 12 N–H and O–H groups in total. The lowest BCUT2D eigenvalue weighted by Crippen LogP contribution is -2.47. The second-order valence-electron chi connectivity index (χ2n) is 30.4. The fraction of sp³-hybridized carbons (Fsp3) is 0.395. The van der Waals surface area contributed by atoms with Crippen molar-refractivity contribution in [3.63, 3.8) is 0 Å². The van der Waals surface area contributed by atoms with Crippen molar-refractivity contribution in [1.82, 2.24) is 38.9 Å². The molecule has 7 aromatic rings. The summed E-state index contributed by atoms with van der Waals surface area (Å²) >= 11 is 19.8. The Morgan fingerprint density at radius 3 is 1.12 bits per heavy atom. The van der Waals surface area contributed by atoms with Crippen molar-refractivity contribution in [2.75, 3.05) is 26.3 Å². The van der Waals surface area contributed by atoms with Crippen LogP contribution in [0.2, 0.25) is 0 Å². The normalized spacial score (nSPS) is 33.6. The first-order valence-corrected chi connectivity index (χ1v) is 45.8. The zero-order chi connectivity index (χ0) is 102. The SMILES string of the molecule is C#Cc1cn([C@@H]2O[C@](F)(COP3(=O)OCc4cc(C)cc(C)c4O3)[C@@H](O)[C@H]2O)c(=O)[nH]c1=S.[2H]C([2H])(OP1(=O)OCc2cc(C)cc(C)c2O1)[C@@]1(F)O[C@@H](n2cc(C#C)c(=S)[nH]c2=O)[C@H](O)[C@@H]1O.[2H]C([2H])(OP1(=O)OCc2cc(C)cc(C)c2O1)[C@@]1(F)O[C@@]([2H])(N2C=C(C#C)C(=S)NC2=C)[C@H](O)[C@@H]1O.[2H][C@@]1(n2cc(C#C)c(=S)[nH]c2=O)O[C@](F)(COP2(=O)OCc3cc(C)cc(C)c3O2)[C@@H](O)[C@H]1O. The first kappa shape index (κ1) is 91.7. The number of benzene rings is 4. The van der Waals surface area contributed by atoms with Crippen molar-refractivity contribution >= 4 is 85.2 Å². The maximum atomic E-state index is 16.1. The average molecular weight is 2000 g/mol. The van der Waals surface area contributed by atoms with Gasteiger partial charge in [-0.3, -0.25) is 64.8 Å². The molecule has 39 nitrogen and oxygen atoms in total. The van der Waals surface area contributed by atoms with E-state index in [1.807, 2.05) is 33.8 Å². The Morgan fingerprint density at radius 1 is 0.462 bits per heavy atom. The number of halogens is 4. The summed E-state index contributed by atoms with van der Waals surface area (Å²) in [5.41, 5.74) is 5.52. The lowest BCUT2D eigenvalue weighted by Gasteiger charge is -2.34. The molecule has 4 saturated heterocycles. The third-order valence-electron chi connectivity index (χ3n) is 20.4. The van der Waals surface area contributed by atoms with E-state index in [1.54, 1.807) is 70.2 Å². The average Bonchev–Trinajstić information content (AvgIpc) is 1.56. The molecule has 0 spiro atoms. The zero-order valence-corrected chi connectivity index (χ0v) is 76.5. The van der Waals surface area contributed by atoms with Gasteiger partial charge in [0.2, 0.25) is 0 Å². The molecule has 51 heteroatoms. The first-order chi connectivity index (χ1) is 64.1. The maximum absolute atomic E-state index is 16.1. The van der Waals surface area contributed by atoms with E-state index in [9.17, 15) is 73.5 Å². The van der Waals surface area contributed by atoms with Gasteiger partial charge in [0.25, 0.3) is 23.4 Å². The predicted octanol–water partition coefficient (Wildman–Crippen LogP) is 8.76. The first-order valence-electron chi connectivity index (χ1n) is 41.4. The van der Waals surface area contributed by atoms with E-state index in [4.69, 9.17) is 156 Å². The van der Waals surface area contributed by atoms with Crippen LogP contribution in [0, 0.1) is 119 Å². The minimum absolute atomic E-state index is 0.0155. The van der Waals surface area contributed by atoms with Crippen molar-refractivity contribution < 1.29 is 158 Å². The van der Waals surface area contributed by atoms with E-state index >= 15 is 17.6 Å². The Morgan fingerprint density at radius 2 is 0.758 bits per heavy atom. The zero-order valence-electron chi connectivity index (χ0n) is 75.7. The van der Waals surface area contributed by atoms with Gasteiger partial charge in [-0.15, -0.1) is 25.7 Å². The Hall–Kier alpha value is -9.37. The number of aromatic nitrogens is 6. The standard InChI is InChI=1S/C21H22FN2O7PS.3C20H20FN2O8PS/c1-5-14-8-24(13(4)23-19(14)33)20-16(25)18(26)21(22,30-20)10-29-32(27)28-9-15-7-11(2)6-12(3)17(15)31-32;3*1-4-12-7-23(19(26)22-17(12)33)18-14(24)16(25)20(21,30-18)9-29-32(27)28-8-13-6-10(2)5-11(3)15(13)31-32/h1,6-8,16,18,20,25-26H,4,9-10H2,2-3H3,(H,23,33);3*1,5-7,14,16,18,24-25H,8-9H2,2-3H3,(H,22,26,33)/t16-,18+,20-,21-,32?;3*14-,16+,18-,20-,32?/m1111/s1/i10D2,20D;18D;9D2;. The molecule has 0 amide bonds. The van der Waals surface area contributed by atoms with E-state index in [2.05, 4.69) is 50.5 Å². The number of aryl methyl sites for hydroxylation is 8. The van der Waals surface area contributed by atoms with Gasteiger partial charge in [-0.25, -0.2) is 50.2 Å². The van der Waals surface area contributed by atoms with E-state index in [1.165, 1.54) is 0 Å². The third-order valence-corrected chi connectivity index (χ3v) is 26.6. The topological polar surface area (TPSA) is 506 Å². The molecule has 3 aromatic heterocycles. The summed E-state index contributed by atoms with van der Waals surface area (Å²) in [5, 5.41) is 85.8. The highest BCUT2D eigenvalue weighted by molar-refractivity contribution is 7.80. The monoisotopic (exact) mass is 2000 g/mol. The number of phosphoric ester groups is 4. The van der Waals surface area contributed by atoms with Crippen LogP contribution in [0.4, 0.5) is 17.6 Å². The van der Waals surface area contributed by atoms with Gasteiger partial charge in [0.1, 0.15) is 123 Å². The summed E-state index contributed by atoms with van der Waals surface area (Å²) in [6.45, 7) is 7.10. The van der Waals surface area contributed by atoms with Gasteiger partial charge in [0, 0.05) is 47.0 Å². The number of hydrogen-bond acceptors (Lipinski definition) is 36.